The molecule has 140 valence electrons. The standard InChI is InChI=1S/C15H11Cl6N3O2/c1-2-26-10-7-8(3-5-9(10)25)4-6-11-22-12(14(16,17)18)24-13(23-11)15(19,20)21/h3-7,25H,2H2,1H3. The molecule has 26 heavy (non-hydrogen) atoms. The van der Waals surface area contributed by atoms with Gasteiger partial charge in [-0.25, -0.2) is 15.0 Å². The van der Waals surface area contributed by atoms with Gasteiger partial charge in [-0.2, -0.15) is 0 Å². The van der Waals surface area contributed by atoms with E-state index < -0.39 is 7.59 Å². The van der Waals surface area contributed by atoms with Crippen LogP contribution in [0, 0.1) is 0 Å². The zero-order chi connectivity index (χ0) is 19.5. The lowest BCUT2D eigenvalue weighted by molar-refractivity contribution is 0.318. The Kier molecular flexibility index (Phi) is 7.10. The number of benzene rings is 1. The molecule has 1 heterocycles. The minimum Gasteiger partial charge on any atom is -0.504 e. The number of aromatic hydroxyl groups is 1. The molecule has 0 bridgehead atoms. The lowest BCUT2D eigenvalue weighted by atomic mass is 10.2. The van der Waals surface area contributed by atoms with E-state index in [0.717, 1.165) is 0 Å². The summed E-state index contributed by atoms with van der Waals surface area (Å²) in [6.45, 7) is 2.22. The molecule has 1 N–H and O–H groups in total. The van der Waals surface area contributed by atoms with E-state index in [0.29, 0.717) is 17.9 Å². The van der Waals surface area contributed by atoms with E-state index >= 15 is 0 Å². The average molecular weight is 478 g/mol. The molecule has 1 aromatic heterocycles. The van der Waals surface area contributed by atoms with E-state index in [1.54, 1.807) is 18.2 Å². The monoisotopic (exact) mass is 475 g/mol. The van der Waals surface area contributed by atoms with Crippen LogP contribution in [0.15, 0.2) is 18.2 Å². The Balaban J connectivity index is 2.42. The van der Waals surface area contributed by atoms with E-state index in [1.807, 2.05) is 6.92 Å². The van der Waals surface area contributed by atoms with Gasteiger partial charge in [0.1, 0.15) is 0 Å². The number of hydrogen-bond donors (Lipinski definition) is 1. The van der Waals surface area contributed by atoms with Crippen LogP contribution < -0.4 is 4.74 Å². The molecule has 0 fully saturated rings. The Hall–Kier alpha value is -0.690. The molecule has 0 aliphatic heterocycles. The predicted molar refractivity (Wildman–Crippen MR) is 107 cm³/mol. The normalized spacial score (nSPS) is 12.6. The van der Waals surface area contributed by atoms with E-state index in [9.17, 15) is 5.11 Å². The van der Waals surface area contributed by atoms with E-state index in [4.69, 9.17) is 74.3 Å². The molecular formula is C15H11Cl6N3O2. The molecule has 0 radical (unpaired) electrons. The summed E-state index contributed by atoms with van der Waals surface area (Å²) in [4.78, 5) is 12.0. The number of rotatable bonds is 4. The van der Waals surface area contributed by atoms with Crippen LogP contribution in [0.2, 0.25) is 0 Å². The fourth-order valence-electron chi connectivity index (χ4n) is 1.80. The molecule has 0 unspecified atom stereocenters. The van der Waals surface area contributed by atoms with Gasteiger partial charge in [-0.15, -0.1) is 0 Å². The maximum Gasteiger partial charge on any atom is 0.250 e. The molecule has 5 nitrogen and oxygen atoms in total. The molecule has 0 saturated carbocycles. The third-order valence-corrected chi connectivity index (χ3v) is 3.88. The SMILES string of the molecule is CCOc1cc(C=Cc2nc(C(Cl)(Cl)Cl)nc(C(Cl)(Cl)Cl)n2)ccc1O. The lowest BCUT2D eigenvalue weighted by Crippen LogP contribution is -2.16. The fraction of sp³-hybridized carbons (Fsp3) is 0.267. The van der Waals surface area contributed by atoms with Crippen molar-refractivity contribution < 1.29 is 9.84 Å². The number of alkyl halides is 6. The van der Waals surface area contributed by atoms with Gasteiger partial charge in [0, 0.05) is 0 Å². The highest BCUT2D eigenvalue weighted by molar-refractivity contribution is 6.67. The van der Waals surface area contributed by atoms with Crippen LogP contribution in [0.3, 0.4) is 0 Å². The first-order valence-corrected chi connectivity index (χ1v) is 9.32. The van der Waals surface area contributed by atoms with Crippen molar-refractivity contribution in [3.8, 4) is 11.5 Å². The molecule has 1 aromatic carbocycles. The zero-order valence-corrected chi connectivity index (χ0v) is 17.6. The maximum absolute atomic E-state index is 9.73. The van der Waals surface area contributed by atoms with Gasteiger partial charge < -0.3 is 9.84 Å². The Morgan fingerprint density at radius 2 is 1.54 bits per heavy atom. The first-order valence-electron chi connectivity index (χ1n) is 7.05. The van der Waals surface area contributed by atoms with E-state index in [-0.39, 0.29) is 23.2 Å². The van der Waals surface area contributed by atoms with Crippen molar-refractivity contribution in [2.24, 2.45) is 0 Å². The van der Waals surface area contributed by atoms with E-state index in [1.165, 1.54) is 12.1 Å². The Morgan fingerprint density at radius 3 is 2.04 bits per heavy atom. The summed E-state index contributed by atoms with van der Waals surface area (Å²) < 4.78 is 1.49. The highest BCUT2D eigenvalue weighted by Gasteiger charge is 2.33. The van der Waals surface area contributed by atoms with Gasteiger partial charge in [-0.1, -0.05) is 81.7 Å². The van der Waals surface area contributed by atoms with Gasteiger partial charge in [0.15, 0.2) is 29.0 Å². The number of hydrogen-bond acceptors (Lipinski definition) is 5. The third-order valence-electron chi connectivity index (χ3n) is 2.87. The Morgan fingerprint density at radius 1 is 0.962 bits per heavy atom. The van der Waals surface area contributed by atoms with Crippen LogP contribution in [0.4, 0.5) is 0 Å². The first kappa shape index (κ1) is 21.6. The van der Waals surface area contributed by atoms with Crippen molar-refractivity contribution in [3.63, 3.8) is 0 Å². The Bertz CT molecular complexity index is 786. The van der Waals surface area contributed by atoms with Gasteiger partial charge in [0.05, 0.1) is 6.61 Å². The lowest BCUT2D eigenvalue weighted by Gasteiger charge is -2.14. The molecule has 2 aromatic rings. The van der Waals surface area contributed by atoms with Gasteiger partial charge in [0.25, 0.3) is 0 Å². The van der Waals surface area contributed by atoms with E-state index in [2.05, 4.69) is 15.0 Å². The van der Waals surface area contributed by atoms with Crippen molar-refractivity contribution in [1.29, 1.82) is 0 Å². The fourth-order valence-corrected chi connectivity index (χ4v) is 2.30. The van der Waals surface area contributed by atoms with Crippen LogP contribution in [0.5, 0.6) is 11.5 Å². The van der Waals surface area contributed by atoms with Crippen molar-refractivity contribution in [2.75, 3.05) is 6.61 Å². The maximum atomic E-state index is 9.73. The van der Waals surface area contributed by atoms with Crippen LogP contribution in [-0.2, 0) is 7.59 Å². The van der Waals surface area contributed by atoms with Crippen molar-refractivity contribution >= 4 is 81.8 Å². The second-order valence-corrected chi connectivity index (χ2v) is 9.39. The second-order valence-electron chi connectivity index (χ2n) is 4.83. The largest absolute Gasteiger partial charge is 0.504 e. The van der Waals surface area contributed by atoms with Crippen LogP contribution in [0.1, 0.15) is 30.0 Å². The topological polar surface area (TPSA) is 68.1 Å². The van der Waals surface area contributed by atoms with Crippen molar-refractivity contribution in [3.05, 3.63) is 41.2 Å². The minimum atomic E-state index is -1.92. The van der Waals surface area contributed by atoms with Crippen molar-refractivity contribution in [2.45, 2.75) is 14.5 Å². The molecule has 0 aliphatic carbocycles. The van der Waals surface area contributed by atoms with Gasteiger partial charge in [-0.05, 0) is 30.7 Å². The summed E-state index contributed by atoms with van der Waals surface area (Å²) in [5, 5.41) is 9.73. The summed E-state index contributed by atoms with van der Waals surface area (Å²) in [7, 11) is 0. The third kappa shape index (κ3) is 5.91. The number of phenols is 1. The van der Waals surface area contributed by atoms with Gasteiger partial charge in [0.2, 0.25) is 7.59 Å². The summed E-state index contributed by atoms with van der Waals surface area (Å²) in [6.07, 6.45) is 3.17. The number of ether oxygens (including phenoxy) is 1. The molecule has 0 atom stereocenters. The van der Waals surface area contributed by atoms with Crippen LogP contribution >= 0.6 is 69.6 Å². The minimum absolute atomic E-state index is 0.0288. The predicted octanol–water partition coefficient (Wildman–Crippen LogP) is 5.80. The quantitative estimate of drug-likeness (QED) is 0.563. The molecular weight excluding hydrogens is 467 g/mol. The molecule has 0 amide bonds. The zero-order valence-electron chi connectivity index (χ0n) is 13.1. The smallest absolute Gasteiger partial charge is 0.250 e. The highest BCUT2D eigenvalue weighted by atomic mass is 35.6. The second kappa shape index (κ2) is 8.55. The highest BCUT2D eigenvalue weighted by Crippen LogP contribution is 2.40. The van der Waals surface area contributed by atoms with Crippen molar-refractivity contribution in [1.82, 2.24) is 15.0 Å². The first-order chi connectivity index (χ1) is 12.0. The Labute approximate surface area is 179 Å². The molecule has 11 heteroatoms. The van der Waals surface area contributed by atoms with Crippen LogP contribution in [0.25, 0.3) is 12.2 Å². The number of phenolic OH excluding ortho intramolecular Hbond substituents is 1. The van der Waals surface area contributed by atoms with Gasteiger partial charge >= 0.3 is 0 Å². The summed E-state index contributed by atoms with van der Waals surface area (Å²) in [5.41, 5.74) is 0.706. The number of nitrogens with zero attached hydrogens (tertiary/aromatic N) is 3. The molecule has 0 aliphatic rings. The van der Waals surface area contributed by atoms with Crippen LogP contribution in [-0.4, -0.2) is 26.7 Å². The number of halogens is 6. The molecule has 0 saturated heterocycles. The average Bonchev–Trinajstić information content (AvgIpc) is 2.54. The van der Waals surface area contributed by atoms with Gasteiger partial charge in [-0.3, -0.25) is 0 Å². The molecule has 2 rings (SSSR count). The summed E-state index contributed by atoms with van der Waals surface area (Å²) in [5.74, 6) is 0.127. The number of aromatic nitrogens is 3. The summed E-state index contributed by atoms with van der Waals surface area (Å²) >= 11 is 34.9. The molecule has 0 spiro atoms. The summed E-state index contributed by atoms with van der Waals surface area (Å²) in [6, 6.07) is 4.81.